The summed E-state index contributed by atoms with van der Waals surface area (Å²) in [5, 5.41) is 11.4. The number of carbonyl (C=O) groups is 4. The predicted molar refractivity (Wildman–Crippen MR) is 202 cm³/mol. The Hall–Kier alpha value is -6.42. The van der Waals surface area contributed by atoms with Crippen molar-refractivity contribution in [1.82, 2.24) is 31.2 Å². The molecule has 0 unspecified atom stereocenters. The topological polar surface area (TPSA) is 142 Å². The number of nitrogens with one attached hydrogen (secondary N) is 4. The molecule has 4 amide bonds. The molecule has 2 aromatic carbocycles. The minimum absolute atomic E-state index is 0.129. The summed E-state index contributed by atoms with van der Waals surface area (Å²) < 4.78 is 0. The Kier molecular flexibility index (Phi) is 14.5. The maximum absolute atomic E-state index is 13.2. The number of aromatic nitrogens is 2. The van der Waals surface area contributed by atoms with E-state index in [1.807, 2.05) is 118 Å². The van der Waals surface area contributed by atoms with Gasteiger partial charge in [0.25, 0.3) is 23.6 Å². The van der Waals surface area contributed by atoms with Crippen LogP contribution < -0.4 is 21.3 Å². The van der Waals surface area contributed by atoms with Crippen LogP contribution in [0.1, 0.15) is 82.3 Å². The largest absolute Gasteiger partial charge is 0.351 e. The molecule has 0 spiro atoms. The van der Waals surface area contributed by atoms with Gasteiger partial charge >= 0.3 is 0 Å². The maximum atomic E-state index is 13.2. The first kappa shape index (κ1) is 38.4. The van der Waals surface area contributed by atoms with Crippen molar-refractivity contribution in [3.05, 3.63) is 177 Å². The molecule has 4 aromatic rings. The summed E-state index contributed by atoms with van der Waals surface area (Å²) in [5.41, 5.74) is 5.65. The first-order valence-corrected chi connectivity index (χ1v) is 17.0. The summed E-state index contributed by atoms with van der Waals surface area (Å²) in [6.07, 6.45) is 0. The van der Waals surface area contributed by atoms with E-state index in [1.54, 1.807) is 31.2 Å². The lowest BCUT2D eigenvalue weighted by Crippen LogP contribution is -2.27. The highest BCUT2D eigenvalue weighted by atomic mass is 16.2. The van der Waals surface area contributed by atoms with Gasteiger partial charge in [-0.25, -0.2) is 9.97 Å². The highest BCUT2D eigenvalue weighted by Gasteiger charge is 2.15. The van der Waals surface area contributed by atoms with Crippen molar-refractivity contribution in [3.63, 3.8) is 0 Å². The molecule has 0 saturated carbocycles. The third kappa shape index (κ3) is 12.5. The van der Waals surface area contributed by atoms with E-state index in [4.69, 9.17) is 0 Å². The minimum Gasteiger partial charge on any atom is -0.351 e. The molecule has 0 radical (unpaired) electrons. The summed E-state index contributed by atoms with van der Waals surface area (Å²) >= 11 is 0. The fraction of sp³-hybridized carbons (Fsp3) is 0.190. The molecule has 10 heteroatoms. The van der Waals surface area contributed by atoms with Gasteiger partial charge in [0.05, 0.1) is 0 Å². The van der Waals surface area contributed by atoms with E-state index in [0.29, 0.717) is 13.1 Å². The number of hydrogen-bond donors (Lipinski definition) is 4. The number of hydrogen-bond acceptors (Lipinski definition) is 6. The molecule has 0 aliphatic carbocycles. The lowest BCUT2D eigenvalue weighted by atomic mass is 10.1. The van der Waals surface area contributed by atoms with E-state index in [2.05, 4.69) is 31.2 Å². The van der Waals surface area contributed by atoms with Crippen molar-refractivity contribution >= 4 is 23.6 Å². The number of pyridine rings is 2. The average molecular weight is 697 g/mol. The highest BCUT2D eigenvalue weighted by molar-refractivity contribution is 5.97. The van der Waals surface area contributed by atoms with Crippen LogP contribution in [0, 0.1) is 20.8 Å². The van der Waals surface area contributed by atoms with Crippen LogP contribution in [-0.2, 0) is 19.6 Å². The lowest BCUT2D eigenvalue weighted by Gasteiger charge is -2.09. The molecular formula is C42H44N6O4. The normalized spacial score (nSPS) is 10.2. The van der Waals surface area contributed by atoms with Gasteiger partial charge in [-0.05, 0) is 79.8 Å². The molecular weight excluding hydrogens is 652 g/mol. The molecule has 0 atom stereocenters. The van der Waals surface area contributed by atoms with Crippen LogP contribution in [0.25, 0.3) is 0 Å². The monoisotopic (exact) mass is 696 g/mol. The van der Waals surface area contributed by atoms with Gasteiger partial charge in [0.1, 0.15) is 22.8 Å². The molecule has 2 heterocycles. The zero-order valence-corrected chi connectivity index (χ0v) is 29.9. The second-order valence-corrected chi connectivity index (χ2v) is 12.1. The van der Waals surface area contributed by atoms with Gasteiger partial charge in [0, 0.05) is 26.2 Å². The molecule has 4 rings (SSSR count). The molecule has 52 heavy (non-hydrogen) atoms. The van der Waals surface area contributed by atoms with Crippen LogP contribution in [0.3, 0.4) is 0 Å². The average Bonchev–Trinajstić information content (AvgIpc) is 3.13. The smallest absolute Gasteiger partial charge is 0.270 e. The highest BCUT2D eigenvalue weighted by Crippen LogP contribution is 2.09. The van der Waals surface area contributed by atoms with Crippen molar-refractivity contribution in [2.24, 2.45) is 0 Å². The number of rotatable bonds is 11. The van der Waals surface area contributed by atoms with Crippen LogP contribution in [0.4, 0.5) is 0 Å². The predicted octanol–water partition coefficient (Wildman–Crippen LogP) is 6.19. The first-order valence-electron chi connectivity index (χ1n) is 17.0. The van der Waals surface area contributed by atoms with Crippen molar-refractivity contribution in [2.75, 3.05) is 6.54 Å². The zero-order valence-electron chi connectivity index (χ0n) is 29.9. The second kappa shape index (κ2) is 19.7. The zero-order chi connectivity index (χ0) is 37.3. The van der Waals surface area contributed by atoms with Crippen LogP contribution in [-0.4, -0.2) is 40.1 Å². The van der Waals surface area contributed by atoms with Gasteiger partial charge in [0.2, 0.25) is 0 Å². The molecule has 0 aliphatic rings. The standard InChI is InChI=1S/C42H44N6O4/c1-5-43-39(49)35-22-30(3)23-36(47-35)40(50)45-27-33-16-12-8-9-13-17-34(21-20-33)28-46-42(52)38-25-31(4)24-37(48-38)41(51)44-26-32-15-11-7-6-10-14-29(2)18-19-32/h6-25H,5,26-28H2,1-4H3,(H,43,49)(H,44,51)(H,45,50)(H,46,52). The fourth-order valence-corrected chi connectivity index (χ4v) is 4.90. The first-order chi connectivity index (χ1) is 25.1. The van der Waals surface area contributed by atoms with E-state index in [0.717, 1.165) is 33.4 Å². The van der Waals surface area contributed by atoms with Gasteiger partial charge in [-0.15, -0.1) is 0 Å². The Bertz CT molecular complexity index is 2050. The summed E-state index contributed by atoms with van der Waals surface area (Å²) in [6.45, 7) is 8.56. The van der Waals surface area contributed by atoms with E-state index >= 15 is 0 Å². The Balaban J connectivity index is 1.42. The summed E-state index contributed by atoms with van der Waals surface area (Å²) in [6, 6.07) is 37.0. The molecule has 0 aliphatic heterocycles. The minimum atomic E-state index is -0.424. The number of nitrogens with zero attached hydrogens (tertiary/aromatic N) is 2. The van der Waals surface area contributed by atoms with E-state index in [-0.39, 0.29) is 47.7 Å². The van der Waals surface area contributed by atoms with Crippen molar-refractivity contribution < 1.29 is 19.2 Å². The van der Waals surface area contributed by atoms with Crippen molar-refractivity contribution in [3.8, 4) is 0 Å². The van der Waals surface area contributed by atoms with Crippen molar-refractivity contribution in [2.45, 2.75) is 47.3 Å². The number of amides is 4. The maximum Gasteiger partial charge on any atom is 0.270 e. The fourth-order valence-electron chi connectivity index (χ4n) is 4.90. The summed E-state index contributed by atoms with van der Waals surface area (Å²) in [5.74, 6) is -1.56. The summed E-state index contributed by atoms with van der Waals surface area (Å²) in [7, 11) is 0. The van der Waals surface area contributed by atoms with E-state index in [9.17, 15) is 19.2 Å². The Morgan fingerprint density at radius 1 is 0.423 bits per heavy atom. The van der Waals surface area contributed by atoms with Gasteiger partial charge in [-0.3, -0.25) is 19.2 Å². The molecule has 0 fully saturated rings. The third-order valence-corrected chi connectivity index (χ3v) is 7.59. The Labute approximate surface area is 304 Å². The Morgan fingerprint density at radius 2 is 0.750 bits per heavy atom. The molecule has 0 bridgehead atoms. The van der Waals surface area contributed by atoms with Crippen LogP contribution in [0.5, 0.6) is 0 Å². The quantitative estimate of drug-likeness (QED) is 0.147. The van der Waals surface area contributed by atoms with Crippen molar-refractivity contribution in [1.29, 1.82) is 0 Å². The third-order valence-electron chi connectivity index (χ3n) is 7.59. The molecule has 4 N–H and O–H groups in total. The van der Waals surface area contributed by atoms with Crippen LogP contribution in [0.2, 0.25) is 0 Å². The molecule has 0 saturated heterocycles. The van der Waals surface area contributed by atoms with E-state index in [1.165, 1.54) is 0 Å². The van der Waals surface area contributed by atoms with E-state index < -0.39 is 11.8 Å². The number of aryl methyl sites for hydroxylation is 3. The van der Waals surface area contributed by atoms with Gasteiger partial charge < -0.3 is 21.3 Å². The van der Waals surface area contributed by atoms with Gasteiger partial charge in [0.15, 0.2) is 0 Å². The Morgan fingerprint density at radius 3 is 1.12 bits per heavy atom. The lowest BCUT2D eigenvalue weighted by molar-refractivity contribution is 0.0926. The van der Waals surface area contributed by atoms with Crippen LogP contribution in [0.15, 0.2) is 121 Å². The number of carbonyl (C=O) groups excluding carboxylic acids is 4. The second-order valence-electron chi connectivity index (χ2n) is 12.1. The van der Waals surface area contributed by atoms with Gasteiger partial charge in [-0.2, -0.15) is 0 Å². The van der Waals surface area contributed by atoms with Gasteiger partial charge in [-0.1, -0.05) is 103 Å². The molecule has 10 nitrogen and oxygen atoms in total. The molecule has 2 aromatic heterocycles. The van der Waals surface area contributed by atoms with Crippen LogP contribution >= 0.6 is 0 Å². The SMILES string of the molecule is CCNC(=O)c1cc(C)cc(C(=O)NCc2ccccccc(CNC(=O)c3cc(C)cc(C(=O)NCc4ccccccc(C)cc4)n3)cc2)n1. The molecule has 266 valence electrons. The summed E-state index contributed by atoms with van der Waals surface area (Å²) in [4.78, 5) is 60.3.